The van der Waals surface area contributed by atoms with Crippen molar-refractivity contribution in [1.82, 2.24) is 10.6 Å². The Morgan fingerprint density at radius 1 is 1.04 bits per heavy atom. The number of halogens is 4. The van der Waals surface area contributed by atoms with Crippen LogP contribution in [0.25, 0.3) is 0 Å². The average Bonchev–Trinajstić information content (AvgIpc) is 2.60. The Hall–Kier alpha value is -1.77. The molecule has 4 N–H and O–H groups in total. The second-order valence-corrected chi connectivity index (χ2v) is 8.62. The molecule has 1 amide bonds. The third kappa shape index (κ3) is 6.39. The number of hydrogen-bond acceptors (Lipinski definition) is 3. The predicted molar refractivity (Wildman–Crippen MR) is 116 cm³/mol. The van der Waals surface area contributed by atoms with Gasteiger partial charge in [0.25, 0.3) is 5.91 Å². The van der Waals surface area contributed by atoms with Crippen LogP contribution in [0.2, 0.25) is 5.02 Å². The molecule has 2 rings (SSSR count). The summed E-state index contributed by atoms with van der Waals surface area (Å²) < 4.78 is -1.97. The molecular weight excluding hydrogens is 468 g/mol. The summed E-state index contributed by atoms with van der Waals surface area (Å²) in [6, 6.07) is 12.3. The Labute approximate surface area is 186 Å². The van der Waals surface area contributed by atoms with E-state index < -0.39 is 21.8 Å². The van der Waals surface area contributed by atoms with E-state index in [2.05, 4.69) is 16.0 Å². The molecular formula is C17H13Cl4N3O3S. The highest BCUT2D eigenvalue weighted by molar-refractivity contribution is 7.80. The van der Waals surface area contributed by atoms with Crippen molar-refractivity contribution < 1.29 is 14.7 Å². The molecule has 0 unspecified atom stereocenters. The Balaban J connectivity index is 2.13. The summed E-state index contributed by atoms with van der Waals surface area (Å²) in [4.78, 5) is 23.7. The van der Waals surface area contributed by atoms with Gasteiger partial charge in [-0.2, -0.15) is 0 Å². The molecule has 0 saturated carbocycles. The first-order valence-corrected chi connectivity index (χ1v) is 9.53. The van der Waals surface area contributed by atoms with Gasteiger partial charge in [0, 0.05) is 10.6 Å². The summed E-state index contributed by atoms with van der Waals surface area (Å²) in [7, 11) is 0. The minimum atomic E-state index is -1.97. The van der Waals surface area contributed by atoms with Gasteiger partial charge in [-0.15, -0.1) is 0 Å². The summed E-state index contributed by atoms with van der Waals surface area (Å²) in [6.45, 7) is 0. The Morgan fingerprint density at radius 2 is 1.71 bits per heavy atom. The van der Waals surface area contributed by atoms with E-state index in [0.717, 1.165) is 0 Å². The first-order chi connectivity index (χ1) is 13.1. The van der Waals surface area contributed by atoms with E-state index in [1.165, 1.54) is 24.3 Å². The molecule has 2 aromatic carbocycles. The normalized spacial score (nSPS) is 12.0. The largest absolute Gasteiger partial charge is 0.478 e. The van der Waals surface area contributed by atoms with Gasteiger partial charge in [0.15, 0.2) is 5.11 Å². The third-order valence-electron chi connectivity index (χ3n) is 3.37. The minimum absolute atomic E-state index is 0.0000432. The summed E-state index contributed by atoms with van der Waals surface area (Å²) in [5.41, 5.74) is 0.487. The van der Waals surface area contributed by atoms with Gasteiger partial charge in [-0.05, 0) is 42.5 Å². The molecule has 0 spiro atoms. The molecule has 0 heterocycles. The number of anilines is 1. The van der Waals surface area contributed by atoms with Crippen LogP contribution in [0, 0.1) is 0 Å². The van der Waals surface area contributed by atoms with Gasteiger partial charge in [-0.3, -0.25) is 4.79 Å². The smallest absolute Gasteiger partial charge is 0.337 e. The average molecular weight is 481 g/mol. The Morgan fingerprint density at radius 3 is 2.32 bits per heavy atom. The molecule has 2 aromatic rings. The van der Waals surface area contributed by atoms with Gasteiger partial charge in [0.1, 0.15) is 6.17 Å². The number of amides is 1. The zero-order valence-corrected chi connectivity index (χ0v) is 17.7. The number of carboxylic acids is 1. The van der Waals surface area contributed by atoms with Crippen molar-refractivity contribution in [3.63, 3.8) is 0 Å². The van der Waals surface area contributed by atoms with Crippen LogP contribution in [0.15, 0.2) is 48.5 Å². The molecule has 0 aromatic heterocycles. The lowest BCUT2D eigenvalue weighted by Gasteiger charge is -2.28. The molecule has 0 aliphatic heterocycles. The van der Waals surface area contributed by atoms with Gasteiger partial charge in [-0.1, -0.05) is 64.6 Å². The lowest BCUT2D eigenvalue weighted by molar-refractivity contribution is 0.0697. The lowest BCUT2D eigenvalue weighted by atomic mass is 10.2. The van der Waals surface area contributed by atoms with E-state index >= 15 is 0 Å². The third-order valence-corrected chi connectivity index (χ3v) is 4.48. The lowest BCUT2D eigenvalue weighted by Crippen LogP contribution is -2.56. The number of rotatable bonds is 5. The first-order valence-electron chi connectivity index (χ1n) is 7.61. The summed E-state index contributed by atoms with van der Waals surface area (Å²) in [5, 5.41) is 17.4. The van der Waals surface area contributed by atoms with Crippen LogP contribution in [0.5, 0.6) is 0 Å². The van der Waals surface area contributed by atoms with Crippen LogP contribution < -0.4 is 16.0 Å². The summed E-state index contributed by atoms with van der Waals surface area (Å²) in [6.07, 6.45) is -1.22. The summed E-state index contributed by atoms with van der Waals surface area (Å²) >= 11 is 28.8. The highest BCUT2D eigenvalue weighted by Gasteiger charge is 2.35. The topological polar surface area (TPSA) is 90.5 Å². The van der Waals surface area contributed by atoms with Crippen LogP contribution in [-0.2, 0) is 0 Å². The van der Waals surface area contributed by atoms with Crippen molar-refractivity contribution in [3.8, 4) is 0 Å². The van der Waals surface area contributed by atoms with Crippen LogP contribution in [0.4, 0.5) is 5.69 Å². The maximum atomic E-state index is 12.4. The SMILES string of the molecule is O=C(N[C@H](NC(=S)Nc1ccccc1C(=O)O)C(Cl)(Cl)Cl)c1cccc(Cl)c1. The second-order valence-electron chi connectivity index (χ2n) is 5.41. The molecule has 1 atom stereocenters. The zero-order chi connectivity index (χ0) is 20.9. The van der Waals surface area contributed by atoms with Crippen molar-refractivity contribution in [2.75, 3.05) is 5.32 Å². The predicted octanol–water partition coefficient (Wildman–Crippen LogP) is 4.45. The van der Waals surface area contributed by atoms with Gasteiger partial charge in [-0.25, -0.2) is 4.79 Å². The fourth-order valence-corrected chi connectivity index (χ4v) is 2.86. The number of alkyl halides is 3. The van der Waals surface area contributed by atoms with Gasteiger partial charge < -0.3 is 21.1 Å². The van der Waals surface area contributed by atoms with E-state index in [9.17, 15) is 14.7 Å². The molecule has 0 bridgehead atoms. The quantitative estimate of drug-likeness (QED) is 0.287. The second kappa shape index (κ2) is 9.62. The Bertz CT molecular complexity index is 905. The molecule has 0 aliphatic carbocycles. The van der Waals surface area contributed by atoms with E-state index in [1.54, 1.807) is 24.3 Å². The fraction of sp³-hybridized carbons (Fsp3) is 0.118. The molecule has 148 valence electrons. The molecule has 6 nitrogen and oxygen atoms in total. The van der Waals surface area contributed by atoms with Crippen molar-refractivity contribution in [2.24, 2.45) is 0 Å². The highest BCUT2D eigenvalue weighted by atomic mass is 35.6. The first kappa shape index (κ1) is 22.5. The maximum absolute atomic E-state index is 12.4. The highest BCUT2D eigenvalue weighted by Crippen LogP contribution is 2.29. The molecule has 0 aliphatic rings. The van der Waals surface area contributed by atoms with Crippen LogP contribution in [0.1, 0.15) is 20.7 Å². The standard InChI is InChI=1S/C17H13Cl4N3O3S/c18-10-5-3-4-9(8-10)13(25)23-15(17(19,20)21)24-16(28)22-12-7-2-1-6-11(12)14(26)27/h1-8,15H,(H,23,25)(H,26,27)(H2,22,24,28)/t15-/m1/s1. The number of aromatic carboxylic acids is 1. The number of benzene rings is 2. The van der Waals surface area contributed by atoms with Crippen molar-refractivity contribution >= 4 is 81.3 Å². The fourth-order valence-electron chi connectivity index (χ4n) is 2.11. The molecule has 28 heavy (non-hydrogen) atoms. The Kier molecular flexibility index (Phi) is 7.74. The number of thiocarbonyl (C=S) groups is 1. The molecule has 0 saturated heterocycles. The monoisotopic (exact) mass is 479 g/mol. The van der Waals surface area contributed by atoms with Gasteiger partial charge >= 0.3 is 5.97 Å². The number of nitrogens with one attached hydrogen (secondary N) is 3. The van der Waals surface area contributed by atoms with Crippen molar-refractivity contribution in [3.05, 3.63) is 64.7 Å². The number of carboxylic acid groups (broad SMARTS) is 1. The number of carbonyl (C=O) groups is 2. The van der Waals surface area contributed by atoms with Gasteiger partial charge in [0.05, 0.1) is 11.3 Å². The van der Waals surface area contributed by atoms with Crippen LogP contribution in [0.3, 0.4) is 0 Å². The van der Waals surface area contributed by atoms with Crippen molar-refractivity contribution in [2.45, 2.75) is 9.96 Å². The summed E-state index contributed by atoms with van der Waals surface area (Å²) in [5.74, 6) is -1.70. The number of para-hydroxylation sites is 1. The zero-order valence-electron chi connectivity index (χ0n) is 13.9. The van der Waals surface area contributed by atoms with E-state index in [4.69, 9.17) is 58.6 Å². The van der Waals surface area contributed by atoms with E-state index in [-0.39, 0.29) is 21.9 Å². The minimum Gasteiger partial charge on any atom is -0.478 e. The van der Waals surface area contributed by atoms with Crippen LogP contribution >= 0.6 is 58.6 Å². The van der Waals surface area contributed by atoms with E-state index in [0.29, 0.717) is 5.02 Å². The van der Waals surface area contributed by atoms with Crippen molar-refractivity contribution in [1.29, 1.82) is 0 Å². The number of carbonyl (C=O) groups excluding carboxylic acids is 1. The maximum Gasteiger partial charge on any atom is 0.337 e. The van der Waals surface area contributed by atoms with Gasteiger partial charge in [0.2, 0.25) is 3.79 Å². The number of hydrogen-bond donors (Lipinski definition) is 4. The van der Waals surface area contributed by atoms with Crippen LogP contribution in [-0.4, -0.2) is 32.1 Å². The van der Waals surface area contributed by atoms with E-state index in [1.807, 2.05) is 0 Å². The molecule has 11 heteroatoms. The molecule has 0 fully saturated rings. The molecule has 0 radical (unpaired) electrons.